The molecule has 3 aromatic rings. The Morgan fingerprint density at radius 1 is 1.10 bits per heavy atom. The zero-order valence-electron chi connectivity index (χ0n) is 17.2. The number of rotatable bonds is 5. The van der Waals surface area contributed by atoms with Crippen molar-refractivity contribution in [1.29, 1.82) is 0 Å². The number of benzene rings is 1. The van der Waals surface area contributed by atoms with Crippen molar-refractivity contribution in [3.8, 4) is 5.88 Å². The van der Waals surface area contributed by atoms with Crippen molar-refractivity contribution in [2.45, 2.75) is 25.3 Å². The Kier molecular flexibility index (Phi) is 5.46. The van der Waals surface area contributed by atoms with E-state index in [9.17, 15) is 0 Å². The van der Waals surface area contributed by atoms with E-state index in [4.69, 9.17) is 14.0 Å². The summed E-state index contributed by atoms with van der Waals surface area (Å²) in [6, 6.07) is 6.26. The molecule has 0 N–H and O–H groups in total. The number of ether oxygens (including phenoxy) is 2. The van der Waals surface area contributed by atoms with Gasteiger partial charge in [0, 0.05) is 51.0 Å². The summed E-state index contributed by atoms with van der Waals surface area (Å²) in [5.41, 5.74) is 2.05. The van der Waals surface area contributed by atoms with Crippen LogP contribution in [-0.2, 0) is 11.3 Å². The van der Waals surface area contributed by atoms with Crippen LogP contribution in [0.4, 0.5) is 5.69 Å². The fourth-order valence-corrected chi connectivity index (χ4v) is 4.19. The number of hydrogen-bond donors (Lipinski definition) is 0. The van der Waals surface area contributed by atoms with Crippen LogP contribution in [0.15, 0.2) is 29.0 Å². The third kappa shape index (κ3) is 3.95. The first-order valence-electron chi connectivity index (χ1n) is 10.5. The highest BCUT2D eigenvalue weighted by atomic mass is 16.5. The van der Waals surface area contributed by atoms with Gasteiger partial charge in [-0.15, -0.1) is 0 Å². The summed E-state index contributed by atoms with van der Waals surface area (Å²) in [5.74, 6) is 2.49. The lowest BCUT2D eigenvalue weighted by molar-refractivity contribution is 0.0778. The summed E-state index contributed by atoms with van der Waals surface area (Å²) >= 11 is 0. The second kappa shape index (κ2) is 8.53. The first-order chi connectivity index (χ1) is 14.8. The smallest absolute Gasteiger partial charge is 0.229 e. The Morgan fingerprint density at radius 3 is 2.73 bits per heavy atom. The van der Waals surface area contributed by atoms with Crippen molar-refractivity contribution in [3.63, 3.8) is 0 Å². The molecule has 5 rings (SSSR count). The number of aromatic nitrogens is 4. The van der Waals surface area contributed by atoms with E-state index < -0.39 is 0 Å². The molecular weight excluding hydrogens is 384 g/mol. The van der Waals surface area contributed by atoms with Crippen molar-refractivity contribution in [2.24, 2.45) is 0 Å². The van der Waals surface area contributed by atoms with Gasteiger partial charge in [0.15, 0.2) is 5.82 Å². The quantitative estimate of drug-likeness (QED) is 0.628. The summed E-state index contributed by atoms with van der Waals surface area (Å²) in [4.78, 5) is 17.9. The Balaban J connectivity index is 1.20. The van der Waals surface area contributed by atoms with Gasteiger partial charge in [0.1, 0.15) is 6.33 Å². The maximum absolute atomic E-state index is 5.52. The average molecular weight is 410 g/mol. The number of piperazine rings is 1. The summed E-state index contributed by atoms with van der Waals surface area (Å²) < 4.78 is 16.3. The largest absolute Gasteiger partial charge is 0.480 e. The topological polar surface area (TPSA) is 89.6 Å². The molecule has 0 bridgehead atoms. The van der Waals surface area contributed by atoms with Crippen molar-refractivity contribution >= 4 is 16.6 Å². The minimum absolute atomic E-state index is 0.339. The number of anilines is 1. The van der Waals surface area contributed by atoms with Crippen LogP contribution in [0.1, 0.15) is 30.5 Å². The highest BCUT2D eigenvalue weighted by Crippen LogP contribution is 2.28. The van der Waals surface area contributed by atoms with Crippen LogP contribution < -0.4 is 9.64 Å². The number of fused-ring (bicyclic) bond motifs is 1. The predicted octanol–water partition coefficient (Wildman–Crippen LogP) is 2.24. The lowest BCUT2D eigenvalue weighted by Gasteiger charge is -2.35. The predicted molar refractivity (Wildman–Crippen MR) is 111 cm³/mol. The van der Waals surface area contributed by atoms with E-state index >= 15 is 0 Å². The molecule has 0 atom stereocenters. The Bertz CT molecular complexity index is 995. The molecule has 9 heteroatoms. The van der Waals surface area contributed by atoms with Crippen molar-refractivity contribution in [1.82, 2.24) is 25.0 Å². The normalized spacial score (nSPS) is 18.8. The van der Waals surface area contributed by atoms with Crippen LogP contribution in [-0.4, -0.2) is 71.5 Å². The van der Waals surface area contributed by atoms with Gasteiger partial charge < -0.3 is 18.9 Å². The molecule has 0 aliphatic carbocycles. The number of methoxy groups -OCH3 is 1. The van der Waals surface area contributed by atoms with Crippen LogP contribution >= 0.6 is 0 Å². The van der Waals surface area contributed by atoms with E-state index in [1.807, 2.05) is 6.07 Å². The van der Waals surface area contributed by atoms with Gasteiger partial charge in [0.25, 0.3) is 0 Å². The van der Waals surface area contributed by atoms with Gasteiger partial charge in [0.2, 0.25) is 11.8 Å². The molecule has 2 aliphatic rings. The highest BCUT2D eigenvalue weighted by molar-refractivity contribution is 5.86. The lowest BCUT2D eigenvalue weighted by atomic mass is 10.0. The van der Waals surface area contributed by atoms with E-state index in [1.54, 1.807) is 7.11 Å². The van der Waals surface area contributed by atoms with Gasteiger partial charge in [-0.1, -0.05) is 5.16 Å². The van der Waals surface area contributed by atoms with Gasteiger partial charge in [0.05, 0.1) is 24.6 Å². The van der Waals surface area contributed by atoms with Crippen molar-refractivity contribution < 1.29 is 14.0 Å². The molecule has 2 aliphatic heterocycles. The molecule has 2 saturated heterocycles. The first-order valence-corrected chi connectivity index (χ1v) is 10.5. The van der Waals surface area contributed by atoms with E-state index in [-0.39, 0.29) is 0 Å². The van der Waals surface area contributed by atoms with Crippen LogP contribution in [0, 0.1) is 0 Å². The van der Waals surface area contributed by atoms with Gasteiger partial charge >= 0.3 is 0 Å². The molecule has 0 radical (unpaired) electrons. The van der Waals surface area contributed by atoms with Crippen LogP contribution in [0.5, 0.6) is 5.88 Å². The number of hydrogen-bond acceptors (Lipinski definition) is 9. The van der Waals surface area contributed by atoms with Crippen LogP contribution in [0.2, 0.25) is 0 Å². The van der Waals surface area contributed by atoms with E-state index in [1.165, 1.54) is 6.33 Å². The summed E-state index contributed by atoms with van der Waals surface area (Å²) in [5, 5.41) is 5.14. The molecule has 9 nitrogen and oxygen atoms in total. The fourth-order valence-electron chi connectivity index (χ4n) is 4.19. The summed E-state index contributed by atoms with van der Waals surface area (Å²) in [7, 11) is 1.64. The third-order valence-corrected chi connectivity index (χ3v) is 5.93. The van der Waals surface area contributed by atoms with Gasteiger partial charge in [-0.2, -0.15) is 4.98 Å². The van der Waals surface area contributed by atoms with Gasteiger partial charge in [-0.25, -0.2) is 9.97 Å². The standard InChI is InChI=1S/C21H26N6O3/c1-28-21-17-12-16(2-3-18(17)22-14-23-21)27-8-6-26(7-9-27)13-19-24-20(30-25-19)15-4-10-29-11-5-15/h2-3,12,14-15H,4-11,13H2,1H3. The molecule has 2 aromatic heterocycles. The lowest BCUT2D eigenvalue weighted by Crippen LogP contribution is -2.46. The van der Waals surface area contributed by atoms with Crippen LogP contribution in [0.3, 0.4) is 0 Å². The molecule has 0 amide bonds. The zero-order valence-corrected chi connectivity index (χ0v) is 17.2. The summed E-state index contributed by atoms with van der Waals surface area (Å²) in [6.07, 6.45) is 3.45. The SMILES string of the molecule is COc1ncnc2ccc(N3CCN(Cc4noc(C5CCOCC5)n4)CC3)cc12. The fraction of sp³-hybridized carbons (Fsp3) is 0.524. The van der Waals surface area contributed by atoms with E-state index in [2.05, 4.69) is 42.0 Å². The van der Waals surface area contributed by atoms with Gasteiger partial charge in [-0.3, -0.25) is 4.90 Å². The molecule has 30 heavy (non-hydrogen) atoms. The minimum atomic E-state index is 0.339. The zero-order chi connectivity index (χ0) is 20.3. The maximum Gasteiger partial charge on any atom is 0.229 e. The van der Waals surface area contributed by atoms with E-state index in [0.717, 1.165) is 87.1 Å². The highest BCUT2D eigenvalue weighted by Gasteiger charge is 2.24. The average Bonchev–Trinajstić information content (AvgIpc) is 3.28. The van der Waals surface area contributed by atoms with E-state index in [0.29, 0.717) is 11.8 Å². The van der Waals surface area contributed by atoms with Gasteiger partial charge in [-0.05, 0) is 31.0 Å². The minimum Gasteiger partial charge on any atom is -0.480 e. The molecule has 0 saturated carbocycles. The Hall–Kier alpha value is -2.78. The first kappa shape index (κ1) is 19.2. The number of nitrogens with zero attached hydrogens (tertiary/aromatic N) is 6. The Morgan fingerprint density at radius 2 is 1.93 bits per heavy atom. The summed E-state index contributed by atoms with van der Waals surface area (Å²) in [6.45, 7) is 6.04. The molecule has 2 fully saturated rings. The molecular formula is C21H26N6O3. The third-order valence-electron chi connectivity index (χ3n) is 5.93. The monoisotopic (exact) mass is 410 g/mol. The molecule has 0 unspecified atom stereocenters. The van der Waals surface area contributed by atoms with Crippen molar-refractivity contribution in [2.75, 3.05) is 51.4 Å². The van der Waals surface area contributed by atoms with Crippen molar-refractivity contribution in [3.05, 3.63) is 36.2 Å². The molecule has 1 aromatic carbocycles. The molecule has 0 spiro atoms. The van der Waals surface area contributed by atoms with Crippen LogP contribution in [0.25, 0.3) is 10.9 Å². The second-order valence-electron chi connectivity index (χ2n) is 7.78. The molecule has 158 valence electrons. The Labute approximate surface area is 175 Å². The maximum atomic E-state index is 5.52. The second-order valence-corrected chi connectivity index (χ2v) is 7.78. The molecule has 4 heterocycles.